The Labute approximate surface area is 155 Å². The van der Waals surface area contributed by atoms with Crippen LogP contribution in [0.2, 0.25) is 0 Å². The van der Waals surface area contributed by atoms with Crippen LogP contribution in [0.4, 0.5) is 5.69 Å². The van der Waals surface area contributed by atoms with Gasteiger partial charge in [-0.2, -0.15) is 0 Å². The van der Waals surface area contributed by atoms with E-state index in [2.05, 4.69) is 15.5 Å². The van der Waals surface area contributed by atoms with Gasteiger partial charge in [0, 0.05) is 12.6 Å². The Kier molecular flexibility index (Phi) is 6.90. The number of hydrogen-bond acceptors (Lipinski definition) is 7. The van der Waals surface area contributed by atoms with Crippen molar-refractivity contribution >= 4 is 35.1 Å². The predicted molar refractivity (Wildman–Crippen MR) is 97.1 cm³/mol. The number of anilines is 1. The molecule has 138 valence electrons. The molecule has 0 aliphatic heterocycles. The monoisotopic (exact) mass is 376 g/mol. The molecule has 26 heavy (non-hydrogen) atoms. The first-order valence-corrected chi connectivity index (χ1v) is 8.97. The maximum Gasteiger partial charge on any atom is 0.313 e. The smallest absolute Gasteiger partial charge is 0.313 e. The zero-order valence-electron chi connectivity index (χ0n) is 14.8. The summed E-state index contributed by atoms with van der Waals surface area (Å²) in [6.07, 6.45) is 0.0239. The zero-order chi connectivity index (χ0) is 19.1. The predicted octanol–water partition coefficient (Wildman–Crippen LogP) is 1.85. The van der Waals surface area contributed by atoms with Crippen LogP contribution in [0, 0.1) is 0 Å². The molecule has 0 saturated carbocycles. The van der Waals surface area contributed by atoms with Crippen LogP contribution < -0.4 is 5.32 Å². The summed E-state index contributed by atoms with van der Waals surface area (Å²) >= 11 is 1.19. The number of thioether (sulfide) groups is 1. The molecule has 1 N–H and O–H groups in total. The van der Waals surface area contributed by atoms with Gasteiger partial charge in [-0.1, -0.05) is 23.9 Å². The van der Waals surface area contributed by atoms with E-state index in [4.69, 9.17) is 4.74 Å². The van der Waals surface area contributed by atoms with Crippen LogP contribution in [0.1, 0.15) is 30.0 Å². The summed E-state index contributed by atoms with van der Waals surface area (Å²) in [4.78, 5) is 35.3. The van der Waals surface area contributed by atoms with Gasteiger partial charge in [0.1, 0.15) is 12.2 Å². The number of nitrogens with one attached hydrogen (secondary N) is 1. The number of carbonyl (C=O) groups is 3. The number of ether oxygens (including phenoxy) is 1. The number of esters is 1. The van der Waals surface area contributed by atoms with E-state index >= 15 is 0 Å². The minimum Gasteiger partial charge on any atom is -0.466 e. The van der Waals surface area contributed by atoms with Crippen LogP contribution in [0.25, 0.3) is 0 Å². The van der Waals surface area contributed by atoms with Gasteiger partial charge >= 0.3 is 5.97 Å². The van der Waals surface area contributed by atoms with Crippen molar-refractivity contribution < 1.29 is 19.1 Å². The van der Waals surface area contributed by atoms with Crippen molar-refractivity contribution in [3.05, 3.63) is 35.7 Å². The molecule has 0 fully saturated rings. The number of aromatic nitrogens is 3. The first-order chi connectivity index (χ1) is 12.4. The molecule has 0 atom stereocenters. The van der Waals surface area contributed by atoms with Crippen LogP contribution >= 0.6 is 11.8 Å². The topological polar surface area (TPSA) is 103 Å². The van der Waals surface area contributed by atoms with Gasteiger partial charge in [-0.15, -0.1) is 10.2 Å². The van der Waals surface area contributed by atoms with Crippen LogP contribution in [0.15, 0.2) is 29.4 Å². The van der Waals surface area contributed by atoms with Crippen molar-refractivity contribution in [3.63, 3.8) is 0 Å². The summed E-state index contributed by atoms with van der Waals surface area (Å²) in [5.74, 6) is -0.201. The minimum absolute atomic E-state index is 0.0239. The SMILES string of the molecule is CCOC(=O)Cc1nnc(SCC(=O)Nc2ccccc2C(C)=O)n1C. The highest BCUT2D eigenvalue weighted by atomic mass is 32.2. The Balaban J connectivity index is 1.95. The number of rotatable bonds is 8. The number of nitrogens with zero attached hydrogens (tertiary/aromatic N) is 3. The molecule has 2 aromatic rings. The Morgan fingerprint density at radius 3 is 2.65 bits per heavy atom. The zero-order valence-corrected chi connectivity index (χ0v) is 15.6. The maximum atomic E-state index is 12.2. The lowest BCUT2D eigenvalue weighted by atomic mass is 10.1. The van der Waals surface area contributed by atoms with Gasteiger partial charge in [-0.05, 0) is 26.0 Å². The number of ketones is 1. The summed E-state index contributed by atoms with van der Waals surface area (Å²) in [5, 5.41) is 11.2. The highest BCUT2D eigenvalue weighted by molar-refractivity contribution is 7.99. The van der Waals surface area contributed by atoms with Gasteiger partial charge in [0.25, 0.3) is 0 Å². The van der Waals surface area contributed by atoms with E-state index in [-0.39, 0.29) is 29.8 Å². The highest BCUT2D eigenvalue weighted by Gasteiger charge is 2.15. The second-order valence-electron chi connectivity index (χ2n) is 5.38. The molecule has 0 aliphatic carbocycles. The third-order valence-electron chi connectivity index (χ3n) is 3.45. The number of benzene rings is 1. The average Bonchev–Trinajstić information content (AvgIpc) is 2.93. The van der Waals surface area contributed by atoms with E-state index in [1.807, 2.05) is 0 Å². The molecule has 0 bridgehead atoms. The molecule has 1 heterocycles. The molecule has 0 saturated heterocycles. The van der Waals surface area contributed by atoms with Crippen LogP contribution in [-0.4, -0.2) is 44.8 Å². The molecule has 1 amide bonds. The van der Waals surface area contributed by atoms with Crippen molar-refractivity contribution in [3.8, 4) is 0 Å². The second kappa shape index (κ2) is 9.14. The summed E-state index contributed by atoms with van der Waals surface area (Å²) in [7, 11) is 1.72. The number of carbonyl (C=O) groups excluding carboxylic acids is 3. The fraction of sp³-hybridized carbons (Fsp3) is 0.353. The van der Waals surface area contributed by atoms with E-state index in [1.165, 1.54) is 18.7 Å². The average molecular weight is 376 g/mol. The number of para-hydroxylation sites is 1. The standard InChI is InChI=1S/C17H20N4O4S/c1-4-25-16(24)9-14-19-20-17(21(14)3)26-10-15(23)18-13-8-6-5-7-12(13)11(2)22/h5-8H,4,9-10H2,1-3H3,(H,18,23). The van der Waals surface area contributed by atoms with Crippen LogP contribution in [0.3, 0.4) is 0 Å². The Morgan fingerprint density at radius 2 is 1.96 bits per heavy atom. The molecular weight excluding hydrogens is 356 g/mol. The van der Waals surface area contributed by atoms with Gasteiger partial charge in [-0.25, -0.2) is 0 Å². The van der Waals surface area contributed by atoms with Crippen molar-refractivity contribution in [2.24, 2.45) is 7.05 Å². The largest absolute Gasteiger partial charge is 0.466 e. The van der Waals surface area contributed by atoms with E-state index in [9.17, 15) is 14.4 Å². The fourth-order valence-electron chi connectivity index (χ4n) is 2.18. The van der Waals surface area contributed by atoms with Gasteiger partial charge in [-0.3, -0.25) is 14.4 Å². The highest BCUT2D eigenvalue weighted by Crippen LogP contribution is 2.19. The lowest BCUT2D eigenvalue weighted by Crippen LogP contribution is -2.16. The molecule has 8 nitrogen and oxygen atoms in total. The van der Waals surface area contributed by atoms with Crippen molar-refractivity contribution in [2.75, 3.05) is 17.7 Å². The summed E-state index contributed by atoms with van der Waals surface area (Å²) in [6, 6.07) is 6.83. The summed E-state index contributed by atoms with van der Waals surface area (Å²) < 4.78 is 6.54. The van der Waals surface area contributed by atoms with E-state index in [1.54, 1.807) is 42.8 Å². The molecule has 9 heteroatoms. The normalized spacial score (nSPS) is 10.4. The molecule has 2 rings (SSSR count). The van der Waals surface area contributed by atoms with Gasteiger partial charge in [0.2, 0.25) is 5.91 Å². The van der Waals surface area contributed by atoms with Crippen molar-refractivity contribution in [1.29, 1.82) is 0 Å². The van der Waals surface area contributed by atoms with E-state index in [0.29, 0.717) is 28.8 Å². The minimum atomic E-state index is -0.377. The molecule has 0 spiro atoms. The third kappa shape index (κ3) is 5.16. The quantitative estimate of drug-likeness (QED) is 0.426. The Bertz CT molecular complexity index is 819. The third-order valence-corrected chi connectivity index (χ3v) is 4.47. The molecular formula is C17H20N4O4S. The lowest BCUT2D eigenvalue weighted by Gasteiger charge is -2.08. The summed E-state index contributed by atoms with van der Waals surface area (Å²) in [6.45, 7) is 3.49. The molecule has 0 unspecified atom stereocenters. The first kappa shape index (κ1) is 19.6. The summed E-state index contributed by atoms with van der Waals surface area (Å²) in [5.41, 5.74) is 0.938. The molecule has 1 aromatic heterocycles. The maximum absolute atomic E-state index is 12.2. The molecule has 0 aliphatic rings. The Hall–Kier alpha value is -2.68. The van der Waals surface area contributed by atoms with Gasteiger partial charge in [0.15, 0.2) is 10.9 Å². The van der Waals surface area contributed by atoms with Crippen LogP contribution in [-0.2, 0) is 27.8 Å². The lowest BCUT2D eigenvalue weighted by molar-refractivity contribution is -0.142. The van der Waals surface area contributed by atoms with E-state index in [0.717, 1.165) is 0 Å². The second-order valence-corrected chi connectivity index (χ2v) is 6.32. The van der Waals surface area contributed by atoms with Gasteiger partial charge < -0.3 is 14.6 Å². The van der Waals surface area contributed by atoms with Gasteiger partial charge in [0.05, 0.1) is 18.0 Å². The molecule has 0 radical (unpaired) electrons. The van der Waals surface area contributed by atoms with Crippen LogP contribution in [0.5, 0.6) is 0 Å². The number of hydrogen-bond donors (Lipinski definition) is 1. The van der Waals surface area contributed by atoms with Crippen molar-refractivity contribution in [1.82, 2.24) is 14.8 Å². The number of Topliss-reactive ketones (excluding diaryl/α,β-unsaturated/α-hetero) is 1. The van der Waals surface area contributed by atoms with Crippen molar-refractivity contribution in [2.45, 2.75) is 25.4 Å². The first-order valence-electron chi connectivity index (χ1n) is 7.98. The fourth-order valence-corrected chi connectivity index (χ4v) is 2.91. The molecule has 1 aromatic carbocycles. The number of amides is 1. The Morgan fingerprint density at radius 1 is 1.23 bits per heavy atom. The van der Waals surface area contributed by atoms with E-state index < -0.39 is 0 Å².